The SMILES string of the molecule is O=C(O)c1nccnc1N1CCN(c2ncccn2)CC1. The van der Waals surface area contributed by atoms with Gasteiger partial charge in [-0.05, 0) is 6.07 Å². The maximum absolute atomic E-state index is 11.2. The van der Waals surface area contributed by atoms with E-state index in [1.54, 1.807) is 18.5 Å². The van der Waals surface area contributed by atoms with Gasteiger partial charge in [-0.1, -0.05) is 0 Å². The molecule has 0 radical (unpaired) electrons. The fourth-order valence-corrected chi connectivity index (χ4v) is 2.29. The molecule has 0 aliphatic carbocycles. The van der Waals surface area contributed by atoms with E-state index < -0.39 is 5.97 Å². The Morgan fingerprint density at radius 1 is 0.905 bits per heavy atom. The molecule has 3 heterocycles. The summed E-state index contributed by atoms with van der Waals surface area (Å²) in [6.07, 6.45) is 6.31. The van der Waals surface area contributed by atoms with Crippen LogP contribution >= 0.6 is 0 Å². The molecule has 0 spiro atoms. The van der Waals surface area contributed by atoms with Crippen LogP contribution in [0.2, 0.25) is 0 Å². The first-order valence-electron chi connectivity index (χ1n) is 6.57. The van der Waals surface area contributed by atoms with Crippen molar-refractivity contribution in [1.29, 1.82) is 0 Å². The van der Waals surface area contributed by atoms with Crippen molar-refractivity contribution in [3.63, 3.8) is 0 Å². The highest BCUT2D eigenvalue weighted by Crippen LogP contribution is 2.18. The average Bonchev–Trinajstić information content (AvgIpc) is 2.56. The number of aromatic nitrogens is 4. The van der Waals surface area contributed by atoms with E-state index in [4.69, 9.17) is 5.11 Å². The molecule has 3 rings (SSSR count). The molecule has 1 saturated heterocycles. The smallest absolute Gasteiger partial charge is 0.358 e. The van der Waals surface area contributed by atoms with Crippen molar-refractivity contribution in [2.24, 2.45) is 0 Å². The van der Waals surface area contributed by atoms with Gasteiger partial charge in [0, 0.05) is 51.0 Å². The van der Waals surface area contributed by atoms with Crippen molar-refractivity contribution < 1.29 is 9.90 Å². The molecule has 1 aliphatic rings. The quantitative estimate of drug-likeness (QED) is 0.860. The fourth-order valence-electron chi connectivity index (χ4n) is 2.29. The normalized spacial score (nSPS) is 15.0. The third-order valence-corrected chi connectivity index (χ3v) is 3.30. The van der Waals surface area contributed by atoms with Crippen LogP contribution in [0.15, 0.2) is 30.9 Å². The summed E-state index contributed by atoms with van der Waals surface area (Å²) in [5.74, 6) is 0.0420. The number of hydrogen-bond donors (Lipinski definition) is 1. The molecule has 0 bridgehead atoms. The molecule has 0 aromatic carbocycles. The minimum Gasteiger partial charge on any atom is -0.476 e. The Morgan fingerprint density at radius 3 is 2.19 bits per heavy atom. The molecule has 1 N–H and O–H groups in total. The molecule has 2 aromatic heterocycles. The van der Waals surface area contributed by atoms with Crippen molar-refractivity contribution >= 4 is 17.7 Å². The van der Waals surface area contributed by atoms with Crippen molar-refractivity contribution in [2.75, 3.05) is 36.0 Å². The zero-order chi connectivity index (χ0) is 14.7. The summed E-state index contributed by atoms with van der Waals surface area (Å²) in [7, 11) is 0. The molecule has 2 aromatic rings. The number of carboxylic acids is 1. The first-order chi connectivity index (χ1) is 10.3. The van der Waals surface area contributed by atoms with Crippen LogP contribution in [-0.4, -0.2) is 57.2 Å². The van der Waals surface area contributed by atoms with Crippen LogP contribution in [0.1, 0.15) is 10.5 Å². The molecule has 8 nitrogen and oxygen atoms in total. The van der Waals surface area contributed by atoms with E-state index in [0.29, 0.717) is 37.9 Å². The number of piperazine rings is 1. The molecule has 1 fully saturated rings. The van der Waals surface area contributed by atoms with Gasteiger partial charge in [-0.2, -0.15) is 0 Å². The van der Waals surface area contributed by atoms with Gasteiger partial charge >= 0.3 is 5.97 Å². The number of anilines is 2. The molecule has 0 atom stereocenters. The van der Waals surface area contributed by atoms with Gasteiger partial charge < -0.3 is 14.9 Å². The minimum atomic E-state index is -1.06. The second kappa shape index (κ2) is 5.70. The standard InChI is InChI=1S/C13H14N6O2/c20-12(21)10-11(15-5-4-14-10)18-6-8-19(9-7-18)13-16-2-1-3-17-13/h1-5H,6-9H2,(H,20,21). The van der Waals surface area contributed by atoms with Crippen molar-refractivity contribution in [3.8, 4) is 0 Å². The van der Waals surface area contributed by atoms with Gasteiger partial charge in [-0.25, -0.2) is 24.7 Å². The summed E-state index contributed by atoms with van der Waals surface area (Å²) in [5.41, 5.74) is -0.0121. The highest BCUT2D eigenvalue weighted by atomic mass is 16.4. The topological polar surface area (TPSA) is 95.3 Å². The number of carbonyl (C=O) groups is 1. The van der Waals surface area contributed by atoms with E-state index in [-0.39, 0.29) is 5.69 Å². The molecule has 108 valence electrons. The Kier molecular flexibility index (Phi) is 3.59. The van der Waals surface area contributed by atoms with Gasteiger partial charge in [0.1, 0.15) is 0 Å². The molecule has 0 saturated carbocycles. The summed E-state index contributed by atoms with van der Waals surface area (Å²) < 4.78 is 0. The molecule has 1 aliphatic heterocycles. The second-order valence-corrected chi connectivity index (χ2v) is 4.56. The highest BCUT2D eigenvalue weighted by Gasteiger charge is 2.24. The molecule has 8 heteroatoms. The largest absolute Gasteiger partial charge is 0.476 e. The summed E-state index contributed by atoms with van der Waals surface area (Å²) in [6.45, 7) is 2.72. The number of rotatable bonds is 3. The van der Waals surface area contributed by atoms with Gasteiger partial charge in [0.05, 0.1) is 0 Å². The van der Waals surface area contributed by atoms with Gasteiger partial charge in [0.15, 0.2) is 11.5 Å². The number of hydrogen-bond acceptors (Lipinski definition) is 7. The second-order valence-electron chi connectivity index (χ2n) is 4.56. The van der Waals surface area contributed by atoms with E-state index >= 15 is 0 Å². The Bertz CT molecular complexity index is 628. The minimum absolute atomic E-state index is 0.0121. The van der Waals surface area contributed by atoms with Crippen molar-refractivity contribution in [1.82, 2.24) is 19.9 Å². The highest BCUT2D eigenvalue weighted by molar-refractivity contribution is 5.90. The van der Waals surface area contributed by atoms with Crippen LogP contribution in [0, 0.1) is 0 Å². The fraction of sp³-hybridized carbons (Fsp3) is 0.308. The molecular formula is C13H14N6O2. The predicted octanol–water partition coefficient (Wildman–Crippen LogP) is 0.291. The van der Waals surface area contributed by atoms with E-state index in [1.165, 1.54) is 12.4 Å². The van der Waals surface area contributed by atoms with E-state index in [9.17, 15) is 4.79 Å². The van der Waals surface area contributed by atoms with E-state index in [1.807, 2.05) is 4.90 Å². The maximum atomic E-state index is 11.2. The lowest BCUT2D eigenvalue weighted by Crippen LogP contribution is -2.47. The monoisotopic (exact) mass is 286 g/mol. The maximum Gasteiger partial charge on any atom is 0.358 e. The Balaban J connectivity index is 1.73. The van der Waals surface area contributed by atoms with E-state index in [0.717, 1.165) is 0 Å². The van der Waals surface area contributed by atoms with Crippen LogP contribution in [-0.2, 0) is 0 Å². The van der Waals surface area contributed by atoms with Crippen LogP contribution in [0.4, 0.5) is 11.8 Å². The third-order valence-electron chi connectivity index (χ3n) is 3.30. The zero-order valence-corrected chi connectivity index (χ0v) is 11.3. The summed E-state index contributed by atoms with van der Waals surface area (Å²) in [6, 6.07) is 1.78. The van der Waals surface area contributed by atoms with Crippen molar-refractivity contribution in [3.05, 3.63) is 36.5 Å². The molecular weight excluding hydrogens is 272 g/mol. The zero-order valence-electron chi connectivity index (χ0n) is 11.3. The van der Waals surface area contributed by atoms with E-state index in [2.05, 4.69) is 24.8 Å². The Morgan fingerprint density at radius 2 is 1.52 bits per heavy atom. The lowest BCUT2D eigenvalue weighted by atomic mass is 10.3. The summed E-state index contributed by atoms with van der Waals surface area (Å²) in [5, 5.41) is 9.17. The lowest BCUT2D eigenvalue weighted by molar-refractivity contribution is 0.0690. The number of carboxylic acid groups (broad SMARTS) is 1. The van der Waals surface area contributed by atoms with Crippen LogP contribution in [0.5, 0.6) is 0 Å². The number of nitrogens with zero attached hydrogens (tertiary/aromatic N) is 6. The lowest BCUT2D eigenvalue weighted by Gasteiger charge is -2.35. The molecule has 0 amide bonds. The molecule has 21 heavy (non-hydrogen) atoms. The van der Waals surface area contributed by atoms with Gasteiger partial charge in [0.2, 0.25) is 5.95 Å². The molecule has 0 unspecified atom stereocenters. The van der Waals surface area contributed by atoms with Crippen molar-refractivity contribution in [2.45, 2.75) is 0 Å². The first kappa shape index (κ1) is 13.2. The summed E-state index contributed by atoms with van der Waals surface area (Å²) in [4.78, 5) is 31.7. The average molecular weight is 286 g/mol. The Hall–Kier alpha value is -2.77. The first-order valence-corrected chi connectivity index (χ1v) is 6.57. The van der Waals surface area contributed by atoms with Crippen LogP contribution in [0.25, 0.3) is 0 Å². The Labute approximate surface area is 121 Å². The predicted molar refractivity (Wildman–Crippen MR) is 75.4 cm³/mol. The van der Waals surface area contributed by atoms with Crippen LogP contribution < -0.4 is 9.80 Å². The third kappa shape index (κ3) is 2.73. The van der Waals surface area contributed by atoms with Gasteiger partial charge in [0.25, 0.3) is 0 Å². The van der Waals surface area contributed by atoms with Gasteiger partial charge in [-0.3, -0.25) is 0 Å². The van der Waals surface area contributed by atoms with Gasteiger partial charge in [-0.15, -0.1) is 0 Å². The summed E-state index contributed by atoms with van der Waals surface area (Å²) >= 11 is 0. The van der Waals surface area contributed by atoms with Crippen LogP contribution in [0.3, 0.4) is 0 Å². The number of aromatic carboxylic acids is 1.